The molecule has 2 aromatic rings. The fourth-order valence-electron chi connectivity index (χ4n) is 4.52. The van der Waals surface area contributed by atoms with Crippen LogP contribution in [0.5, 0.6) is 0 Å². The Morgan fingerprint density at radius 3 is 2.79 bits per heavy atom. The van der Waals surface area contributed by atoms with Gasteiger partial charge >= 0.3 is 5.97 Å². The summed E-state index contributed by atoms with van der Waals surface area (Å²) in [6.07, 6.45) is 10.1. The SMILES string of the molecule is CCCCn1c(CCC(=O)OCC2CC=CCC2)nc2cc(S(=O)(=O)N3CCOCC3)ccc21. The Kier molecular flexibility index (Phi) is 8.39. The molecule has 1 unspecified atom stereocenters. The molecule has 1 fully saturated rings. The van der Waals surface area contributed by atoms with Crippen molar-refractivity contribution in [3.05, 3.63) is 36.2 Å². The Balaban J connectivity index is 1.48. The van der Waals surface area contributed by atoms with Crippen LogP contribution in [0.25, 0.3) is 11.0 Å². The van der Waals surface area contributed by atoms with Crippen LogP contribution in [-0.4, -0.2) is 61.2 Å². The van der Waals surface area contributed by atoms with Gasteiger partial charge in [-0.05, 0) is 49.8 Å². The van der Waals surface area contributed by atoms with Crippen LogP contribution in [0, 0.1) is 5.92 Å². The number of ether oxygens (including phenoxy) is 2. The lowest BCUT2D eigenvalue weighted by Gasteiger charge is -2.26. The second-order valence-electron chi connectivity index (χ2n) is 9.03. The van der Waals surface area contributed by atoms with Gasteiger partial charge in [0.15, 0.2) is 0 Å². The number of unbranched alkanes of at least 4 members (excludes halogenated alkanes) is 1. The van der Waals surface area contributed by atoms with Gasteiger partial charge in [0.2, 0.25) is 10.0 Å². The first-order chi connectivity index (χ1) is 16.5. The van der Waals surface area contributed by atoms with Crippen molar-refractivity contribution >= 4 is 27.0 Å². The van der Waals surface area contributed by atoms with E-state index in [0.29, 0.717) is 50.8 Å². The molecule has 0 radical (unpaired) electrons. The van der Waals surface area contributed by atoms with Crippen molar-refractivity contribution in [1.29, 1.82) is 0 Å². The van der Waals surface area contributed by atoms with Gasteiger partial charge in [-0.2, -0.15) is 4.31 Å². The molecule has 1 atom stereocenters. The Labute approximate surface area is 202 Å². The van der Waals surface area contributed by atoms with E-state index in [1.54, 1.807) is 12.1 Å². The zero-order valence-corrected chi connectivity index (χ0v) is 20.8. The third-order valence-corrected chi connectivity index (χ3v) is 8.45. The van der Waals surface area contributed by atoms with Crippen LogP contribution < -0.4 is 0 Å². The van der Waals surface area contributed by atoms with E-state index in [1.807, 2.05) is 6.07 Å². The summed E-state index contributed by atoms with van der Waals surface area (Å²) in [5.41, 5.74) is 1.54. The molecule has 9 heteroatoms. The minimum absolute atomic E-state index is 0.209. The zero-order valence-electron chi connectivity index (χ0n) is 19.9. The van der Waals surface area contributed by atoms with Crippen LogP contribution in [0.15, 0.2) is 35.2 Å². The molecule has 1 saturated heterocycles. The van der Waals surface area contributed by atoms with Gasteiger partial charge in [0.1, 0.15) is 5.82 Å². The maximum atomic E-state index is 13.1. The van der Waals surface area contributed by atoms with Crippen molar-refractivity contribution in [2.45, 2.75) is 63.3 Å². The quantitative estimate of drug-likeness (QED) is 0.373. The number of carbonyl (C=O) groups is 1. The molecule has 0 N–H and O–H groups in total. The first-order valence-corrected chi connectivity index (χ1v) is 13.8. The Morgan fingerprint density at radius 1 is 1.24 bits per heavy atom. The van der Waals surface area contributed by atoms with Crippen molar-refractivity contribution in [3.63, 3.8) is 0 Å². The third kappa shape index (κ3) is 5.87. The Hall–Kier alpha value is -2.23. The second-order valence-corrected chi connectivity index (χ2v) is 11.0. The highest BCUT2D eigenvalue weighted by Gasteiger charge is 2.27. The number of sulfonamides is 1. The predicted octanol–water partition coefficient (Wildman–Crippen LogP) is 3.69. The summed E-state index contributed by atoms with van der Waals surface area (Å²) in [5.74, 6) is 0.996. The Bertz CT molecular complexity index is 1120. The maximum absolute atomic E-state index is 13.1. The van der Waals surface area contributed by atoms with Gasteiger partial charge in [0.25, 0.3) is 0 Å². The predicted molar refractivity (Wildman–Crippen MR) is 130 cm³/mol. The van der Waals surface area contributed by atoms with Crippen LogP contribution in [0.1, 0.15) is 51.3 Å². The van der Waals surface area contributed by atoms with E-state index >= 15 is 0 Å². The molecule has 1 aromatic heterocycles. The lowest BCUT2D eigenvalue weighted by molar-refractivity contribution is -0.145. The van der Waals surface area contributed by atoms with E-state index in [4.69, 9.17) is 14.5 Å². The van der Waals surface area contributed by atoms with Crippen molar-refractivity contribution in [1.82, 2.24) is 13.9 Å². The molecule has 1 aliphatic heterocycles. The van der Waals surface area contributed by atoms with Gasteiger partial charge in [-0.1, -0.05) is 25.5 Å². The molecule has 0 amide bonds. The lowest BCUT2D eigenvalue weighted by atomic mass is 9.95. The highest BCUT2D eigenvalue weighted by atomic mass is 32.2. The van der Waals surface area contributed by atoms with Crippen molar-refractivity contribution < 1.29 is 22.7 Å². The molecule has 34 heavy (non-hydrogen) atoms. The summed E-state index contributed by atoms with van der Waals surface area (Å²) in [6.45, 7) is 4.91. The average molecular weight is 490 g/mol. The van der Waals surface area contributed by atoms with Crippen LogP contribution in [-0.2, 0) is 37.3 Å². The van der Waals surface area contributed by atoms with Crippen molar-refractivity contribution in [2.75, 3.05) is 32.9 Å². The van der Waals surface area contributed by atoms with E-state index in [9.17, 15) is 13.2 Å². The first-order valence-electron chi connectivity index (χ1n) is 12.4. The zero-order chi connectivity index (χ0) is 24.0. The van der Waals surface area contributed by atoms with Gasteiger partial charge in [0, 0.05) is 26.1 Å². The number of allylic oxidation sites excluding steroid dienone is 2. The molecule has 2 aliphatic rings. The number of fused-ring (bicyclic) bond motifs is 1. The largest absolute Gasteiger partial charge is 0.465 e. The monoisotopic (exact) mass is 489 g/mol. The van der Waals surface area contributed by atoms with Crippen LogP contribution in [0.3, 0.4) is 0 Å². The average Bonchev–Trinajstić information content (AvgIpc) is 3.22. The van der Waals surface area contributed by atoms with Gasteiger partial charge in [-0.3, -0.25) is 4.79 Å². The number of hydrogen-bond donors (Lipinski definition) is 0. The highest BCUT2D eigenvalue weighted by molar-refractivity contribution is 7.89. The van der Waals surface area contributed by atoms with Crippen molar-refractivity contribution in [2.24, 2.45) is 5.92 Å². The number of rotatable bonds is 10. The molecule has 1 aromatic carbocycles. The summed E-state index contributed by atoms with van der Waals surface area (Å²) in [5, 5.41) is 0. The van der Waals surface area contributed by atoms with E-state index < -0.39 is 10.0 Å². The number of imidazole rings is 1. The van der Waals surface area contributed by atoms with Crippen LogP contribution >= 0.6 is 0 Å². The van der Waals surface area contributed by atoms with Gasteiger partial charge < -0.3 is 14.0 Å². The molecule has 0 spiro atoms. The number of esters is 1. The lowest BCUT2D eigenvalue weighted by Crippen LogP contribution is -2.40. The molecular formula is C25H35N3O5S. The summed E-state index contributed by atoms with van der Waals surface area (Å²) in [4.78, 5) is 17.4. The molecule has 186 valence electrons. The fourth-order valence-corrected chi connectivity index (χ4v) is 5.95. The third-order valence-electron chi connectivity index (χ3n) is 6.55. The summed E-state index contributed by atoms with van der Waals surface area (Å²) in [7, 11) is -3.59. The molecule has 0 bridgehead atoms. The minimum atomic E-state index is -3.59. The molecule has 4 rings (SSSR count). The van der Waals surface area contributed by atoms with Gasteiger partial charge in [0.05, 0.1) is 42.2 Å². The normalized spacial score (nSPS) is 19.5. The summed E-state index contributed by atoms with van der Waals surface area (Å²) < 4.78 is 40.6. The highest BCUT2D eigenvalue weighted by Crippen LogP contribution is 2.25. The number of nitrogens with zero attached hydrogens (tertiary/aromatic N) is 3. The number of benzene rings is 1. The number of carbonyl (C=O) groups excluding carboxylic acids is 1. The van der Waals surface area contributed by atoms with E-state index in [2.05, 4.69) is 23.6 Å². The smallest absolute Gasteiger partial charge is 0.306 e. The van der Waals surface area contributed by atoms with Crippen LogP contribution in [0.2, 0.25) is 0 Å². The number of morpholine rings is 1. The number of aryl methyl sites for hydroxylation is 2. The topological polar surface area (TPSA) is 90.7 Å². The second kappa shape index (κ2) is 11.5. The summed E-state index contributed by atoms with van der Waals surface area (Å²) >= 11 is 0. The molecular weight excluding hydrogens is 454 g/mol. The minimum Gasteiger partial charge on any atom is -0.465 e. The Morgan fingerprint density at radius 2 is 2.06 bits per heavy atom. The number of aromatic nitrogens is 2. The van der Waals surface area contributed by atoms with Crippen LogP contribution in [0.4, 0.5) is 0 Å². The molecule has 0 saturated carbocycles. The first kappa shape index (κ1) is 24.9. The maximum Gasteiger partial charge on any atom is 0.306 e. The van der Waals surface area contributed by atoms with Crippen molar-refractivity contribution in [3.8, 4) is 0 Å². The molecule has 2 heterocycles. The van der Waals surface area contributed by atoms with Gasteiger partial charge in [-0.25, -0.2) is 13.4 Å². The fraction of sp³-hybridized carbons (Fsp3) is 0.600. The van der Waals surface area contributed by atoms with Gasteiger partial charge in [-0.15, -0.1) is 0 Å². The molecule has 8 nitrogen and oxygen atoms in total. The summed E-state index contributed by atoms with van der Waals surface area (Å²) in [6, 6.07) is 5.15. The van der Waals surface area contributed by atoms with E-state index in [-0.39, 0.29) is 17.3 Å². The molecule has 1 aliphatic carbocycles. The van der Waals surface area contributed by atoms with E-state index in [1.165, 1.54) is 4.31 Å². The van der Waals surface area contributed by atoms with E-state index in [0.717, 1.165) is 50.0 Å². The standard InChI is InChI=1S/C25H35N3O5S/c1-2-3-13-28-23-10-9-21(34(30,31)27-14-16-32-17-15-27)18-22(23)26-24(28)11-12-25(29)33-19-20-7-5-4-6-8-20/h4-5,9-10,18,20H,2-3,6-8,11-17,19H2,1H3. The number of hydrogen-bond acceptors (Lipinski definition) is 6.